The average molecular weight is 218 g/mol. The Labute approximate surface area is 96.6 Å². The van der Waals surface area contributed by atoms with Gasteiger partial charge in [0, 0.05) is 11.5 Å². The molecule has 0 aromatic heterocycles. The molecule has 16 heavy (non-hydrogen) atoms. The van der Waals surface area contributed by atoms with Crippen molar-refractivity contribution in [3.63, 3.8) is 0 Å². The second kappa shape index (κ2) is 4.69. The van der Waals surface area contributed by atoms with Crippen LogP contribution in [0.3, 0.4) is 0 Å². The Bertz CT molecular complexity index is 392. The molecule has 0 saturated heterocycles. The van der Waals surface area contributed by atoms with E-state index in [0.717, 1.165) is 42.7 Å². The highest BCUT2D eigenvalue weighted by Crippen LogP contribution is 2.34. The van der Waals surface area contributed by atoms with E-state index >= 15 is 0 Å². The van der Waals surface area contributed by atoms with Gasteiger partial charge < -0.3 is 4.74 Å². The van der Waals surface area contributed by atoms with Crippen LogP contribution in [0, 0.1) is 12.8 Å². The zero-order chi connectivity index (χ0) is 11.5. The standard InChI is InChI=1S/C14H18O2/c1-3-8-16-12-6-7-13(10(2)9-12)14(15)11-4-5-11/h6-7,9,11H,3-5,8H2,1-2H3. The third-order valence-corrected chi connectivity index (χ3v) is 2.88. The summed E-state index contributed by atoms with van der Waals surface area (Å²) in [7, 11) is 0. The third-order valence-electron chi connectivity index (χ3n) is 2.88. The van der Waals surface area contributed by atoms with Crippen LogP contribution in [-0.4, -0.2) is 12.4 Å². The number of aryl methyl sites for hydroxylation is 1. The predicted molar refractivity (Wildman–Crippen MR) is 64.0 cm³/mol. The quantitative estimate of drug-likeness (QED) is 0.708. The zero-order valence-corrected chi connectivity index (χ0v) is 9.95. The van der Waals surface area contributed by atoms with Crippen molar-refractivity contribution >= 4 is 5.78 Å². The van der Waals surface area contributed by atoms with Gasteiger partial charge in [-0.1, -0.05) is 6.92 Å². The van der Waals surface area contributed by atoms with Crippen molar-refractivity contribution in [3.8, 4) is 5.75 Å². The molecule has 0 aliphatic heterocycles. The highest BCUT2D eigenvalue weighted by Gasteiger charge is 2.31. The van der Waals surface area contributed by atoms with E-state index < -0.39 is 0 Å². The van der Waals surface area contributed by atoms with Crippen LogP contribution in [0.15, 0.2) is 18.2 Å². The molecule has 1 aliphatic rings. The Hall–Kier alpha value is -1.31. The lowest BCUT2D eigenvalue weighted by Gasteiger charge is -2.08. The molecule has 0 unspecified atom stereocenters. The van der Waals surface area contributed by atoms with Crippen LogP contribution in [0.1, 0.15) is 42.1 Å². The second-order valence-corrected chi connectivity index (χ2v) is 4.46. The summed E-state index contributed by atoms with van der Waals surface area (Å²) in [5.74, 6) is 1.47. The van der Waals surface area contributed by atoms with Gasteiger partial charge in [0.05, 0.1) is 6.61 Å². The first-order valence-electron chi connectivity index (χ1n) is 6.00. The van der Waals surface area contributed by atoms with E-state index in [-0.39, 0.29) is 0 Å². The molecule has 1 fully saturated rings. The van der Waals surface area contributed by atoms with E-state index in [9.17, 15) is 4.79 Å². The minimum Gasteiger partial charge on any atom is -0.494 e. The highest BCUT2D eigenvalue weighted by molar-refractivity contribution is 6.00. The normalized spacial score (nSPS) is 14.9. The van der Waals surface area contributed by atoms with Gasteiger partial charge in [-0.25, -0.2) is 0 Å². The van der Waals surface area contributed by atoms with Crippen molar-refractivity contribution < 1.29 is 9.53 Å². The SMILES string of the molecule is CCCOc1ccc(C(=O)C2CC2)c(C)c1. The van der Waals surface area contributed by atoms with Crippen LogP contribution < -0.4 is 4.74 Å². The van der Waals surface area contributed by atoms with E-state index in [1.165, 1.54) is 0 Å². The Morgan fingerprint density at radius 1 is 1.44 bits per heavy atom. The van der Waals surface area contributed by atoms with Gasteiger partial charge in [-0.15, -0.1) is 0 Å². The fraction of sp³-hybridized carbons (Fsp3) is 0.500. The van der Waals surface area contributed by atoms with E-state index in [4.69, 9.17) is 4.74 Å². The lowest BCUT2D eigenvalue weighted by Crippen LogP contribution is -2.04. The Morgan fingerprint density at radius 3 is 2.75 bits per heavy atom. The Balaban J connectivity index is 2.12. The lowest BCUT2D eigenvalue weighted by atomic mass is 10.0. The van der Waals surface area contributed by atoms with Gasteiger partial charge in [0.25, 0.3) is 0 Å². The minimum atomic E-state index is 0.293. The average Bonchev–Trinajstić information content (AvgIpc) is 3.09. The predicted octanol–water partition coefficient (Wildman–Crippen LogP) is 3.38. The van der Waals surface area contributed by atoms with Gasteiger partial charge in [0.1, 0.15) is 5.75 Å². The third kappa shape index (κ3) is 2.43. The molecule has 0 radical (unpaired) electrons. The number of hydrogen-bond acceptors (Lipinski definition) is 2. The summed E-state index contributed by atoms with van der Waals surface area (Å²) in [5, 5.41) is 0. The van der Waals surface area contributed by atoms with Crippen molar-refractivity contribution in [2.45, 2.75) is 33.1 Å². The first-order valence-corrected chi connectivity index (χ1v) is 6.00. The summed E-state index contributed by atoms with van der Waals surface area (Å²) in [6.07, 6.45) is 3.13. The molecule has 2 rings (SSSR count). The van der Waals surface area contributed by atoms with Gasteiger partial charge in [0.15, 0.2) is 5.78 Å². The number of carbonyl (C=O) groups is 1. The molecular weight excluding hydrogens is 200 g/mol. The maximum atomic E-state index is 11.9. The molecule has 1 saturated carbocycles. The number of ether oxygens (including phenoxy) is 1. The molecule has 0 N–H and O–H groups in total. The highest BCUT2D eigenvalue weighted by atomic mass is 16.5. The number of Topliss-reactive ketones (excluding diaryl/α,β-unsaturated/α-hetero) is 1. The van der Waals surface area contributed by atoms with Crippen molar-refractivity contribution in [2.24, 2.45) is 5.92 Å². The molecule has 2 nitrogen and oxygen atoms in total. The Kier molecular flexibility index (Phi) is 3.28. The van der Waals surface area contributed by atoms with Crippen molar-refractivity contribution in [1.29, 1.82) is 0 Å². The molecular formula is C14H18O2. The number of carbonyl (C=O) groups excluding carboxylic acids is 1. The van der Waals surface area contributed by atoms with Crippen LogP contribution >= 0.6 is 0 Å². The van der Waals surface area contributed by atoms with Gasteiger partial charge in [-0.05, 0) is 49.9 Å². The van der Waals surface area contributed by atoms with E-state index in [1.54, 1.807) is 0 Å². The van der Waals surface area contributed by atoms with Crippen molar-refractivity contribution in [3.05, 3.63) is 29.3 Å². The van der Waals surface area contributed by atoms with Gasteiger partial charge in [-0.3, -0.25) is 4.79 Å². The second-order valence-electron chi connectivity index (χ2n) is 4.46. The van der Waals surface area contributed by atoms with E-state index in [1.807, 2.05) is 25.1 Å². The molecule has 0 amide bonds. The first-order chi connectivity index (χ1) is 7.72. The maximum absolute atomic E-state index is 11.9. The molecule has 0 spiro atoms. The fourth-order valence-corrected chi connectivity index (χ4v) is 1.79. The minimum absolute atomic E-state index is 0.293. The van der Waals surface area contributed by atoms with Crippen molar-refractivity contribution in [2.75, 3.05) is 6.61 Å². The topological polar surface area (TPSA) is 26.3 Å². The summed E-state index contributed by atoms with van der Waals surface area (Å²) < 4.78 is 5.54. The molecule has 0 bridgehead atoms. The van der Waals surface area contributed by atoms with Crippen LogP contribution in [0.4, 0.5) is 0 Å². The summed E-state index contributed by atoms with van der Waals surface area (Å²) >= 11 is 0. The summed E-state index contributed by atoms with van der Waals surface area (Å²) in [6.45, 7) is 4.79. The first kappa shape index (κ1) is 11.2. The summed E-state index contributed by atoms with van der Waals surface area (Å²) in [5.41, 5.74) is 1.90. The Morgan fingerprint density at radius 2 is 2.19 bits per heavy atom. The van der Waals surface area contributed by atoms with Crippen LogP contribution in [0.5, 0.6) is 5.75 Å². The summed E-state index contributed by atoms with van der Waals surface area (Å²) in [4.78, 5) is 11.9. The molecule has 86 valence electrons. The number of ketones is 1. The monoisotopic (exact) mass is 218 g/mol. The number of hydrogen-bond donors (Lipinski definition) is 0. The number of benzene rings is 1. The lowest BCUT2D eigenvalue weighted by molar-refractivity contribution is 0.0967. The van der Waals surface area contributed by atoms with Gasteiger partial charge >= 0.3 is 0 Å². The van der Waals surface area contributed by atoms with E-state index in [0.29, 0.717) is 11.7 Å². The molecule has 0 heterocycles. The molecule has 1 aromatic carbocycles. The molecule has 1 aromatic rings. The van der Waals surface area contributed by atoms with Crippen LogP contribution in [-0.2, 0) is 0 Å². The smallest absolute Gasteiger partial charge is 0.166 e. The fourth-order valence-electron chi connectivity index (χ4n) is 1.79. The van der Waals surface area contributed by atoms with Crippen molar-refractivity contribution in [1.82, 2.24) is 0 Å². The zero-order valence-electron chi connectivity index (χ0n) is 9.95. The van der Waals surface area contributed by atoms with Gasteiger partial charge in [-0.2, -0.15) is 0 Å². The van der Waals surface area contributed by atoms with Crippen LogP contribution in [0.25, 0.3) is 0 Å². The van der Waals surface area contributed by atoms with Crippen LogP contribution in [0.2, 0.25) is 0 Å². The van der Waals surface area contributed by atoms with Gasteiger partial charge in [0.2, 0.25) is 0 Å². The molecule has 0 atom stereocenters. The number of rotatable bonds is 5. The summed E-state index contributed by atoms with van der Waals surface area (Å²) in [6, 6.07) is 5.77. The largest absolute Gasteiger partial charge is 0.494 e. The van der Waals surface area contributed by atoms with E-state index in [2.05, 4.69) is 6.92 Å². The molecule has 2 heteroatoms. The maximum Gasteiger partial charge on any atom is 0.166 e. The molecule has 1 aliphatic carbocycles.